The van der Waals surface area contributed by atoms with Gasteiger partial charge < -0.3 is 14.8 Å². The highest BCUT2D eigenvalue weighted by Crippen LogP contribution is 2.21. The molecule has 1 aromatic carbocycles. The van der Waals surface area contributed by atoms with Crippen molar-refractivity contribution >= 4 is 10.9 Å². The Labute approximate surface area is 126 Å². The van der Waals surface area contributed by atoms with Crippen LogP contribution in [0.4, 0.5) is 0 Å². The standard InChI is InChI=1S/C17H24N2O2/c1-3-18-16(8-10-21-12-11-20-2)15-7-6-14-5-4-9-19-17(14)13-15/h4-7,9,13,16,18H,3,8,10-12H2,1-2H3. The Morgan fingerprint density at radius 1 is 1.19 bits per heavy atom. The van der Waals surface area contributed by atoms with Gasteiger partial charge in [0.25, 0.3) is 0 Å². The molecule has 0 saturated heterocycles. The van der Waals surface area contributed by atoms with Crippen LogP contribution in [0.2, 0.25) is 0 Å². The average Bonchev–Trinajstić information content (AvgIpc) is 2.53. The van der Waals surface area contributed by atoms with E-state index in [1.807, 2.05) is 12.3 Å². The smallest absolute Gasteiger partial charge is 0.0705 e. The molecule has 4 nitrogen and oxygen atoms in total. The van der Waals surface area contributed by atoms with Gasteiger partial charge in [-0.15, -0.1) is 0 Å². The van der Waals surface area contributed by atoms with Gasteiger partial charge in [-0.25, -0.2) is 0 Å². The lowest BCUT2D eigenvalue weighted by molar-refractivity contribution is 0.0658. The molecule has 4 heteroatoms. The Hall–Kier alpha value is -1.49. The van der Waals surface area contributed by atoms with Crippen molar-refractivity contribution in [3.63, 3.8) is 0 Å². The zero-order valence-electron chi connectivity index (χ0n) is 12.8. The van der Waals surface area contributed by atoms with Gasteiger partial charge in [0.05, 0.1) is 18.7 Å². The van der Waals surface area contributed by atoms with Crippen LogP contribution in [-0.4, -0.2) is 38.5 Å². The van der Waals surface area contributed by atoms with Crippen molar-refractivity contribution in [1.29, 1.82) is 0 Å². The van der Waals surface area contributed by atoms with Crippen LogP contribution in [-0.2, 0) is 9.47 Å². The Balaban J connectivity index is 2.01. The molecule has 0 aliphatic carbocycles. The summed E-state index contributed by atoms with van der Waals surface area (Å²) in [5, 5.41) is 4.69. The molecule has 2 aromatic rings. The van der Waals surface area contributed by atoms with Gasteiger partial charge in [0, 0.05) is 31.3 Å². The lowest BCUT2D eigenvalue weighted by Gasteiger charge is -2.18. The predicted octanol–water partition coefficient (Wildman–Crippen LogP) is 2.94. The van der Waals surface area contributed by atoms with Crippen LogP contribution in [0.25, 0.3) is 10.9 Å². The number of hydrogen-bond donors (Lipinski definition) is 1. The minimum absolute atomic E-state index is 0.295. The van der Waals surface area contributed by atoms with Crippen LogP contribution in [0.15, 0.2) is 36.5 Å². The maximum Gasteiger partial charge on any atom is 0.0705 e. The Morgan fingerprint density at radius 2 is 2.10 bits per heavy atom. The topological polar surface area (TPSA) is 43.4 Å². The average molecular weight is 288 g/mol. The monoisotopic (exact) mass is 288 g/mol. The molecule has 0 spiro atoms. The first kappa shape index (κ1) is 15.9. The molecule has 1 atom stereocenters. The van der Waals surface area contributed by atoms with Crippen LogP contribution in [0.3, 0.4) is 0 Å². The molecule has 1 N–H and O–H groups in total. The SMILES string of the molecule is CCNC(CCOCCOC)c1ccc2cccnc2c1. The molecule has 1 aromatic heterocycles. The van der Waals surface area contributed by atoms with Crippen LogP contribution in [0.5, 0.6) is 0 Å². The van der Waals surface area contributed by atoms with Crippen molar-refractivity contribution < 1.29 is 9.47 Å². The summed E-state index contributed by atoms with van der Waals surface area (Å²) < 4.78 is 10.6. The zero-order valence-corrected chi connectivity index (χ0v) is 12.8. The highest BCUT2D eigenvalue weighted by Gasteiger charge is 2.11. The molecule has 1 heterocycles. The fraction of sp³-hybridized carbons (Fsp3) is 0.471. The van der Waals surface area contributed by atoms with Gasteiger partial charge in [-0.1, -0.05) is 25.1 Å². The Morgan fingerprint density at radius 3 is 2.90 bits per heavy atom. The minimum atomic E-state index is 0.295. The van der Waals surface area contributed by atoms with Crippen molar-refractivity contribution in [2.75, 3.05) is 33.5 Å². The van der Waals surface area contributed by atoms with E-state index in [0.29, 0.717) is 19.3 Å². The van der Waals surface area contributed by atoms with E-state index in [0.717, 1.165) is 25.1 Å². The Kier molecular flexibility index (Phi) is 6.60. The van der Waals surface area contributed by atoms with E-state index < -0.39 is 0 Å². The summed E-state index contributed by atoms with van der Waals surface area (Å²) in [6, 6.07) is 10.8. The van der Waals surface area contributed by atoms with E-state index >= 15 is 0 Å². The number of methoxy groups -OCH3 is 1. The first-order chi connectivity index (χ1) is 10.3. The van der Waals surface area contributed by atoms with Crippen molar-refractivity contribution in [3.05, 3.63) is 42.1 Å². The molecule has 0 fully saturated rings. The van der Waals surface area contributed by atoms with Gasteiger partial charge in [-0.3, -0.25) is 4.98 Å². The first-order valence-corrected chi connectivity index (χ1v) is 7.50. The van der Waals surface area contributed by atoms with Gasteiger partial charge in [0.2, 0.25) is 0 Å². The van der Waals surface area contributed by atoms with Gasteiger partial charge in [0.1, 0.15) is 0 Å². The predicted molar refractivity (Wildman–Crippen MR) is 85.5 cm³/mol. The fourth-order valence-corrected chi connectivity index (χ4v) is 2.38. The summed E-state index contributed by atoms with van der Waals surface area (Å²) in [7, 11) is 1.69. The van der Waals surface area contributed by atoms with Gasteiger partial charge in [-0.2, -0.15) is 0 Å². The van der Waals surface area contributed by atoms with E-state index in [-0.39, 0.29) is 0 Å². The van der Waals surface area contributed by atoms with Crippen molar-refractivity contribution in [3.8, 4) is 0 Å². The van der Waals surface area contributed by atoms with Crippen LogP contribution in [0.1, 0.15) is 24.9 Å². The van der Waals surface area contributed by atoms with Crippen molar-refractivity contribution in [2.24, 2.45) is 0 Å². The molecule has 0 saturated carbocycles. The molecule has 2 rings (SSSR count). The van der Waals surface area contributed by atoms with Crippen LogP contribution >= 0.6 is 0 Å². The number of nitrogens with one attached hydrogen (secondary N) is 1. The molecule has 0 amide bonds. The third-order valence-electron chi connectivity index (χ3n) is 3.47. The van der Waals surface area contributed by atoms with E-state index in [9.17, 15) is 0 Å². The first-order valence-electron chi connectivity index (χ1n) is 7.50. The second-order valence-electron chi connectivity index (χ2n) is 4.96. The highest BCUT2D eigenvalue weighted by atomic mass is 16.5. The summed E-state index contributed by atoms with van der Waals surface area (Å²) in [5.74, 6) is 0. The maximum atomic E-state index is 5.58. The van der Waals surface area contributed by atoms with Gasteiger partial charge in [-0.05, 0) is 30.7 Å². The second kappa shape index (κ2) is 8.72. The number of nitrogens with zero attached hydrogens (tertiary/aromatic N) is 1. The second-order valence-corrected chi connectivity index (χ2v) is 4.96. The third kappa shape index (κ3) is 4.77. The van der Waals surface area contributed by atoms with Crippen LogP contribution < -0.4 is 5.32 Å². The van der Waals surface area contributed by atoms with Crippen molar-refractivity contribution in [1.82, 2.24) is 10.3 Å². The maximum absolute atomic E-state index is 5.58. The van der Waals surface area contributed by atoms with Gasteiger partial charge >= 0.3 is 0 Å². The lowest BCUT2D eigenvalue weighted by atomic mass is 10.0. The molecule has 114 valence electrons. The van der Waals surface area contributed by atoms with Crippen LogP contribution in [0, 0.1) is 0 Å². The third-order valence-corrected chi connectivity index (χ3v) is 3.47. The summed E-state index contributed by atoms with van der Waals surface area (Å²) in [6.45, 7) is 5.07. The quantitative estimate of drug-likeness (QED) is 0.721. The number of benzene rings is 1. The summed E-state index contributed by atoms with van der Waals surface area (Å²) in [5.41, 5.74) is 2.30. The minimum Gasteiger partial charge on any atom is -0.382 e. The molecule has 0 radical (unpaired) electrons. The number of aromatic nitrogens is 1. The summed E-state index contributed by atoms with van der Waals surface area (Å²) in [4.78, 5) is 4.43. The molecule has 0 bridgehead atoms. The molecule has 0 aliphatic rings. The molecular formula is C17H24N2O2. The van der Waals surface area contributed by atoms with Crippen molar-refractivity contribution in [2.45, 2.75) is 19.4 Å². The largest absolute Gasteiger partial charge is 0.382 e. The van der Waals surface area contributed by atoms with E-state index in [4.69, 9.17) is 9.47 Å². The van der Waals surface area contributed by atoms with E-state index in [1.54, 1.807) is 7.11 Å². The molecule has 1 unspecified atom stereocenters. The van der Waals surface area contributed by atoms with E-state index in [2.05, 4.69) is 41.5 Å². The van der Waals surface area contributed by atoms with Gasteiger partial charge in [0.15, 0.2) is 0 Å². The zero-order chi connectivity index (χ0) is 14.9. The highest BCUT2D eigenvalue weighted by molar-refractivity contribution is 5.78. The fourth-order valence-electron chi connectivity index (χ4n) is 2.38. The van der Waals surface area contributed by atoms with E-state index in [1.165, 1.54) is 10.9 Å². The molecular weight excluding hydrogens is 264 g/mol. The lowest BCUT2D eigenvalue weighted by Crippen LogP contribution is -2.22. The summed E-state index contributed by atoms with van der Waals surface area (Å²) >= 11 is 0. The molecule has 21 heavy (non-hydrogen) atoms. The normalized spacial score (nSPS) is 12.7. The summed E-state index contributed by atoms with van der Waals surface area (Å²) in [6.07, 6.45) is 2.78. The Bertz CT molecular complexity index is 545. The number of hydrogen-bond acceptors (Lipinski definition) is 4. The molecule has 0 aliphatic heterocycles. The number of ether oxygens (including phenoxy) is 2. The number of rotatable bonds is 9. The number of fused-ring (bicyclic) bond motifs is 1. The number of pyridine rings is 1.